The number of benzene rings is 1. The molecule has 0 amide bonds. The smallest absolute Gasteiger partial charge is 0.338 e. The first-order chi connectivity index (χ1) is 8.13. The van der Waals surface area contributed by atoms with Gasteiger partial charge in [-0.1, -0.05) is 11.6 Å². The summed E-state index contributed by atoms with van der Waals surface area (Å²) in [6.45, 7) is 2.11. The molecule has 88 valence electrons. The van der Waals surface area contributed by atoms with Crippen molar-refractivity contribution in [1.82, 2.24) is 4.98 Å². The van der Waals surface area contributed by atoms with E-state index in [1.54, 1.807) is 31.3 Å². The monoisotopic (exact) mass is 313 g/mol. The highest BCUT2D eigenvalue weighted by atomic mass is 79.9. The van der Waals surface area contributed by atoms with E-state index in [4.69, 9.17) is 16.3 Å². The van der Waals surface area contributed by atoms with Gasteiger partial charge < -0.3 is 4.74 Å². The van der Waals surface area contributed by atoms with Gasteiger partial charge in [0.2, 0.25) is 0 Å². The fraction of sp³-hybridized carbons (Fsp3) is 0.167. The highest BCUT2D eigenvalue weighted by molar-refractivity contribution is 9.10. The molecule has 2 aromatic rings. The third-order valence-corrected chi connectivity index (χ3v) is 3.19. The Morgan fingerprint density at radius 3 is 3.00 bits per heavy atom. The van der Waals surface area contributed by atoms with E-state index in [0.29, 0.717) is 17.2 Å². The molecule has 0 N–H and O–H groups in total. The van der Waals surface area contributed by atoms with Gasteiger partial charge in [0.15, 0.2) is 0 Å². The number of nitrogens with zero attached hydrogens (tertiary/aromatic N) is 1. The van der Waals surface area contributed by atoms with Crippen LogP contribution in [0.25, 0.3) is 10.9 Å². The van der Waals surface area contributed by atoms with E-state index in [0.717, 1.165) is 15.4 Å². The number of carbonyl (C=O) groups excluding carboxylic acids is 1. The molecule has 1 aromatic heterocycles. The van der Waals surface area contributed by atoms with Crippen LogP contribution in [0.1, 0.15) is 17.3 Å². The number of pyridine rings is 1. The molecule has 0 aliphatic carbocycles. The average Bonchev–Trinajstić information content (AvgIpc) is 2.30. The minimum Gasteiger partial charge on any atom is -0.462 e. The van der Waals surface area contributed by atoms with Crippen LogP contribution in [-0.4, -0.2) is 17.6 Å². The zero-order chi connectivity index (χ0) is 12.4. The third kappa shape index (κ3) is 2.42. The molecule has 1 heterocycles. The number of hydrogen-bond acceptors (Lipinski definition) is 3. The van der Waals surface area contributed by atoms with Crippen molar-refractivity contribution in [3.8, 4) is 0 Å². The molecule has 0 aliphatic heterocycles. The number of halogens is 2. The van der Waals surface area contributed by atoms with Crippen molar-refractivity contribution in [2.24, 2.45) is 0 Å². The van der Waals surface area contributed by atoms with Crippen LogP contribution in [0.4, 0.5) is 0 Å². The van der Waals surface area contributed by atoms with Gasteiger partial charge >= 0.3 is 5.97 Å². The molecule has 0 atom stereocenters. The van der Waals surface area contributed by atoms with E-state index >= 15 is 0 Å². The van der Waals surface area contributed by atoms with Crippen LogP contribution in [-0.2, 0) is 4.74 Å². The van der Waals surface area contributed by atoms with E-state index in [-0.39, 0.29) is 5.97 Å². The zero-order valence-corrected chi connectivity index (χ0v) is 11.4. The molecule has 5 heteroatoms. The van der Waals surface area contributed by atoms with Gasteiger partial charge in [-0.25, -0.2) is 4.79 Å². The van der Waals surface area contributed by atoms with Crippen molar-refractivity contribution in [3.63, 3.8) is 0 Å². The third-order valence-electron chi connectivity index (χ3n) is 2.26. The summed E-state index contributed by atoms with van der Waals surface area (Å²) in [4.78, 5) is 15.8. The van der Waals surface area contributed by atoms with Crippen LogP contribution < -0.4 is 0 Å². The second-order valence-electron chi connectivity index (χ2n) is 3.37. The van der Waals surface area contributed by atoms with Crippen molar-refractivity contribution in [1.29, 1.82) is 0 Å². The lowest BCUT2D eigenvalue weighted by Crippen LogP contribution is -2.04. The number of aromatic nitrogens is 1. The lowest BCUT2D eigenvalue weighted by Gasteiger charge is -2.06. The van der Waals surface area contributed by atoms with Gasteiger partial charge in [0, 0.05) is 16.1 Å². The van der Waals surface area contributed by atoms with Gasteiger partial charge in [0.25, 0.3) is 0 Å². The Morgan fingerprint density at radius 2 is 2.29 bits per heavy atom. The Kier molecular flexibility index (Phi) is 3.64. The number of hydrogen-bond donors (Lipinski definition) is 0. The number of esters is 1. The molecule has 0 aliphatic rings. The average molecular weight is 315 g/mol. The largest absolute Gasteiger partial charge is 0.462 e. The Labute approximate surface area is 112 Å². The normalized spacial score (nSPS) is 10.5. The van der Waals surface area contributed by atoms with Crippen molar-refractivity contribution in [2.75, 3.05) is 6.61 Å². The van der Waals surface area contributed by atoms with Crippen LogP contribution >= 0.6 is 27.5 Å². The predicted molar refractivity (Wildman–Crippen MR) is 70.4 cm³/mol. The highest BCUT2D eigenvalue weighted by Crippen LogP contribution is 2.29. The van der Waals surface area contributed by atoms with Gasteiger partial charge in [-0.3, -0.25) is 4.98 Å². The van der Waals surface area contributed by atoms with Crippen LogP contribution in [0.2, 0.25) is 5.02 Å². The fourth-order valence-electron chi connectivity index (χ4n) is 1.51. The van der Waals surface area contributed by atoms with E-state index in [1.165, 1.54) is 0 Å². The van der Waals surface area contributed by atoms with E-state index < -0.39 is 0 Å². The maximum Gasteiger partial charge on any atom is 0.338 e. The molecule has 0 saturated carbocycles. The molecular formula is C12H9BrClNO2. The summed E-state index contributed by atoms with van der Waals surface area (Å²) in [7, 11) is 0. The van der Waals surface area contributed by atoms with Crippen molar-refractivity contribution < 1.29 is 9.53 Å². The number of ether oxygens (including phenoxy) is 1. The number of rotatable bonds is 2. The van der Waals surface area contributed by atoms with Crippen molar-refractivity contribution in [2.45, 2.75) is 6.92 Å². The zero-order valence-electron chi connectivity index (χ0n) is 9.04. The fourth-order valence-corrected chi connectivity index (χ4v) is 2.27. The summed E-state index contributed by atoms with van der Waals surface area (Å²) in [6, 6.07) is 5.06. The SMILES string of the molecule is CCOC(=O)c1cc(Br)c2nccc(Cl)c2c1. The topological polar surface area (TPSA) is 39.2 Å². The second-order valence-corrected chi connectivity index (χ2v) is 4.63. The molecule has 0 fully saturated rings. The maximum absolute atomic E-state index is 11.6. The van der Waals surface area contributed by atoms with Crippen LogP contribution in [0, 0.1) is 0 Å². The first-order valence-corrected chi connectivity index (χ1v) is 6.21. The maximum atomic E-state index is 11.6. The van der Waals surface area contributed by atoms with Crippen LogP contribution in [0.15, 0.2) is 28.9 Å². The second kappa shape index (κ2) is 5.02. The number of carbonyl (C=O) groups is 1. The minimum absolute atomic E-state index is 0.343. The Morgan fingerprint density at radius 1 is 1.53 bits per heavy atom. The Hall–Kier alpha value is -1.13. The Bertz CT molecular complexity index is 586. The van der Waals surface area contributed by atoms with E-state index in [2.05, 4.69) is 20.9 Å². The van der Waals surface area contributed by atoms with Gasteiger partial charge in [0.05, 0.1) is 22.7 Å². The summed E-state index contributed by atoms with van der Waals surface area (Å²) < 4.78 is 5.67. The van der Waals surface area contributed by atoms with Gasteiger partial charge in [-0.2, -0.15) is 0 Å². The molecule has 3 nitrogen and oxygen atoms in total. The number of fused-ring (bicyclic) bond motifs is 1. The lowest BCUT2D eigenvalue weighted by molar-refractivity contribution is 0.0526. The molecule has 0 saturated heterocycles. The van der Waals surface area contributed by atoms with Crippen molar-refractivity contribution in [3.05, 3.63) is 39.5 Å². The molecular weight excluding hydrogens is 305 g/mol. The molecule has 2 rings (SSSR count). The van der Waals surface area contributed by atoms with Crippen LogP contribution in [0.5, 0.6) is 0 Å². The summed E-state index contributed by atoms with van der Waals surface area (Å²) >= 11 is 9.44. The predicted octanol–water partition coefficient (Wildman–Crippen LogP) is 3.83. The highest BCUT2D eigenvalue weighted by Gasteiger charge is 2.12. The molecule has 0 spiro atoms. The van der Waals surface area contributed by atoms with Gasteiger partial charge in [-0.15, -0.1) is 0 Å². The lowest BCUT2D eigenvalue weighted by atomic mass is 10.1. The van der Waals surface area contributed by atoms with E-state index in [9.17, 15) is 4.79 Å². The molecule has 1 aromatic carbocycles. The molecule has 0 unspecified atom stereocenters. The Balaban J connectivity index is 2.62. The summed E-state index contributed by atoms with van der Waals surface area (Å²) in [5.41, 5.74) is 1.19. The van der Waals surface area contributed by atoms with Crippen molar-refractivity contribution >= 4 is 44.4 Å². The molecule has 0 bridgehead atoms. The van der Waals surface area contributed by atoms with Gasteiger partial charge in [-0.05, 0) is 41.1 Å². The van der Waals surface area contributed by atoms with Gasteiger partial charge in [0.1, 0.15) is 0 Å². The molecule has 17 heavy (non-hydrogen) atoms. The quantitative estimate of drug-likeness (QED) is 0.791. The van der Waals surface area contributed by atoms with Crippen LogP contribution in [0.3, 0.4) is 0 Å². The summed E-state index contributed by atoms with van der Waals surface area (Å²) in [5.74, 6) is -0.366. The first kappa shape index (κ1) is 12.3. The minimum atomic E-state index is -0.366. The molecule has 0 radical (unpaired) electrons. The van der Waals surface area contributed by atoms with E-state index in [1.807, 2.05) is 0 Å². The first-order valence-electron chi connectivity index (χ1n) is 5.04. The summed E-state index contributed by atoms with van der Waals surface area (Å²) in [5, 5.41) is 1.29. The standard InChI is InChI=1S/C12H9BrClNO2/c1-2-17-12(16)7-5-8-10(14)3-4-15-11(8)9(13)6-7/h3-6H,2H2,1H3. The summed E-state index contributed by atoms with van der Waals surface area (Å²) in [6.07, 6.45) is 1.62.